The summed E-state index contributed by atoms with van der Waals surface area (Å²) >= 11 is 6.37. The Morgan fingerprint density at radius 2 is 1.88 bits per heavy atom. The van der Waals surface area contributed by atoms with Crippen LogP contribution in [-0.4, -0.2) is 13.5 Å². The highest BCUT2D eigenvalue weighted by atomic mass is 79.9. The summed E-state index contributed by atoms with van der Waals surface area (Å²) in [7, 11) is 1.49. The summed E-state index contributed by atoms with van der Waals surface area (Å²) in [4.78, 5) is -1.02. The molecule has 0 N–H and O–H groups in total. The van der Waals surface area contributed by atoms with Gasteiger partial charge >= 0.3 is 0 Å². The lowest BCUT2D eigenvalue weighted by molar-refractivity contribution is 0.146. The number of halogens is 4. The van der Waals surface area contributed by atoms with Crippen LogP contribution in [0.15, 0.2) is 10.5 Å². The van der Waals surface area contributed by atoms with E-state index in [4.69, 9.17) is 4.74 Å². The van der Waals surface area contributed by atoms with Crippen molar-refractivity contribution < 1.29 is 13.5 Å². The molecular weight excluding hydrogens is 346 g/mol. The molecular formula is C11H12Br2F2O. The Morgan fingerprint density at radius 3 is 2.31 bits per heavy atom. The normalized spacial score (nSPS) is 13.0. The zero-order valence-electron chi connectivity index (χ0n) is 9.15. The summed E-state index contributed by atoms with van der Waals surface area (Å²) in [6, 6.07) is 1.86. The number of ether oxygens (including phenoxy) is 1. The fourth-order valence-electron chi connectivity index (χ4n) is 1.60. The van der Waals surface area contributed by atoms with Gasteiger partial charge in [0.2, 0.25) is 0 Å². The Kier molecular flexibility index (Phi) is 4.73. The molecule has 0 aliphatic rings. The quantitative estimate of drug-likeness (QED) is 0.707. The number of hydrogen-bond donors (Lipinski definition) is 0. The number of benzene rings is 1. The molecule has 0 aromatic heterocycles. The van der Waals surface area contributed by atoms with Crippen LogP contribution in [0.5, 0.6) is 5.75 Å². The molecule has 0 radical (unpaired) electrons. The van der Waals surface area contributed by atoms with Crippen molar-refractivity contribution in [3.63, 3.8) is 0 Å². The summed E-state index contributed by atoms with van der Waals surface area (Å²) in [6.45, 7) is 3.62. The first-order valence-corrected chi connectivity index (χ1v) is 6.36. The maximum absolute atomic E-state index is 12.8. The molecule has 0 aliphatic heterocycles. The van der Waals surface area contributed by atoms with Gasteiger partial charge in [0.1, 0.15) is 10.6 Å². The maximum Gasteiger partial charge on any atom is 0.255 e. The van der Waals surface area contributed by atoms with E-state index in [1.165, 1.54) is 7.11 Å². The molecule has 0 fully saturated rings. The van der Waals surface area contributed by atoms with Gasteiger partial charge in [-0.05, 0) is 31.0 Å². The number of hydrogen-bond acceptors (Lipinski definition) is 1. The molecule has 1 rings (SSSR count). The highest BCUT2D eigenvalue weighted by molar-refractivity contribution is 9.10. The van der Waals surface area contributed by atoms with E-state index in [0.29, 0.717) is 11.3 Å². The molecule has 1 nitrogen and oxygen atoms in total. The Balaban J connectivity index is 3.44. The molecule has 5 heteroatoms. The minimum atomic E-state index is -2.47. The van der Waals surface area contributed by atoms with Gasteiger partial charge in [0.15, 0.2) is 0 Å². The Labute approximate surface area is 110 Å². The Hall–Kier alpha value is -0.160. The summed E-state index contributed by atoms with van der Waals surface area (Å²) in [5, 5.41) is 0. The highest BCUT2D eigenvalue weighted by Crippen LogP contribution is 2.42. The lowest BCUT2D eigenvalue weighted by atomic mass is 10.0. The van der Waals surface area contributed by atoms with Crippen LogP contribution in [0.2, 0.25) is 0 Å². The number of methoxy groups -OCH3 is 1. The van der Waals surface area contributed by atoms with Crippen molar-refractivity contribution in [2.24, 2.45) is 0 Å². The van der Waals surface area contributed by atoms with Gasteiger partial charge in [0.05, 0.1) is 7.11 Å². The third-order valence-corrected chi connectivity index (χ3v) is 4.09. The van der Waals surface area contributed by atoms with E-state index in [-0.39, 0.29) is 0 Å². The van der Waals surface area contributed by atoms with E-state index >= 15 is 0 Å². The van der Waals surface area contributed by atoms with Crippen molar-refractivity contribution in [1.29, 1.82) is 0 Å². The summed E-state index contributed by atoms with van der Waals surface area (Å²) < 4.78 is 31.5. The summed E-state index contributed by atoms with van der Waals surface area (Å²) in [6.07, 6.45) is -2.47. The van der Waals surface area contributed by atoms with E-state index in [1.807, 2.05) is 13.0 Å². The second-order valence-corrected chi connectivity index (χ2v) is 5.32. The average molecular weight is 358 g/mol. The standard InChI is InChI=1S/C11H12Br2F2O/c1-5-4-7(12)6(2)8(10(5)16-3)9(13)11(14)15/h4,9,11H,1-3H3. The molecule has 1 atom stereocenters. The molecule has 0 aliphatic carbocycles. The predicted octanol–water partition coefficient (Wildman–Crippen LogP) is 4.78. The molecule has 1 unspecified atom stereocenters. The first-order chi connectivity index (χ1) is 7.40. The van der Waals surface area contributed by atoms with Crippen LogP contribution >= 0.6 is 31.9 Å². The van der Waals surface area contributed by atoms with Gasteiger partial charge in [-0.25, -0.2) is 8.78 Å². The predicted molar refractivity (Wildman–Crippen MR) is 67.8 cm³/mol. The van der Waals surface area contributed by atoms with Crippen molar-refractivity contribution in [3.05, 3.63) is 27.2 Å². The molecule has 1 aromatic carbocycles. The van der Waals surface area contributed by atoms with Crippen LogP contribution in [0.25, 0.3) is 0 Å². The van der Waals surface area contributed by atoms with E-state index < -0.39 is 11.3 Å². The van der Waals surface area contributed by atoms with Gasteiger partial charge in [-0.15, -0.1) is 0 Å². The van der Waals surface area contributed by atoms with Crippen LogP contribution in [0.4, 0.5) is 8.78 Å². The molecule has 0 amide bonds. The second-order valence-electron chi connectivity index (χ2n) is 3.48. The van der Waals surface area contributed by atoms with Crippen LogP contribution < -0.4 is 4.74 Å². The third-order valence-electron chi connectivity index (χ3n) is 2.41. The van der Waals surface area contributed by atoms with Crippen molar-refractivity contribution in [3.8, 4) is 5.75 Å². The summed E-state index contributed by atoms with van der Waals surface area (Å²) in [5.74, 6) is 0.517. The molecule has 0 saturated heterocycles. The SMILES string of the molecule is COc1c(C)cc(Br)c(C)c1C(Br)C(F)F. The monoisotopic (exact) mass is 356 g/mol. The van der Waals surface area contributed by atoms with E-state index in [0.717, 1.165) is 15.6 Å². The van der Waals surface area contributed by atoms with E-state index in [9.17, 15) is 8.78 Å². The molecule has 0 spiro atoms. The minimum Gasteiger partial charge on any atom is -0.496 e. The van der Waals surface area contributed by atoms with Gasteiger partial charge in [-0.1, -0.05) is 31.9 Å². The van der Waals surface area contributed by atoms with Crippen molar-refractivity contribution in [2.75, 3.05) is 7.11 Å². The second kappa shape index (κ2) is 5.45. The minimum absolute atomic E-state index is 0.504. The zero-order chi connectivity index (χ0) is 12.5. The Morgan fingerprint density at radius 1 is 1.31 bits per heavy atom. The fourth-order valence-corrected chi connectivity index (χ4v) is 2.71. The van der Waals surface area contributed by atoms with Gasteiger partial charge < -0.3 is 4.74 Å². The van der Waals surface area contributed by atoms with Crippen LogP contribution in [0, 0.1) is 13.8 Å². The molecule has 1 aromatic rings. The van der Waals surface area contributed by atoms with E-state index in [2.05, 4.69) is 31.9 Å². The average Bonchev–Trinajstić information content (AvgIpc) is 2.21. The van der Waals surface area contributed by atoms with Gasteiger partial charge in [0.25, 0.3) is 6.43 Å². The van der Waals surface area contributed by atoms with Gasteiger partial charge in [0, 0.05) is 10.0 Å². The van der Waals surface area contributed by atoms with Crippen molar-refractivity contribution in [2.45, 2.75) is 25.1 Å². The molecule has 90 valence electrons. The highest BCUT2D eigenvalue weighted by Gasteiger charge is 2.26. The van der Waals surface area contributed by atoms with Crippen molar-refractivity contribution in [1.82, 2.24) is 0 Å². The van der Waals surface area contributed by atoms with Crippen LogP contribution in [0.1, 0.15) is 21.5 Å². The third kappa shape index (κ3) is 2.56. The first kappa shape index (κ1) is 13.9. The van der Waals surface area contributed by atoms with Gasteiger partial charge in [-0.3, -0.25) is 0 Å². The molecule has 16 heavy (non-hydrogen) atoms. The zero-order valence-corrected chi connectivity index (χ0v) is 12.3. The number of rotatable bonds is 3. The van der Waals surface area contributed by atoms with Crippen LogP contribution in [0.3, 0.4) is 0 Å². The lowest BCUT2D eigenvalue weighted by Gasteiger charge is -2.19. The van der Waals surface area contributed by atoms with Crippen molar-refractivity contribution >= 4 is 31.9 Å². The topological polar surface area (TPSA) is 9.23 Å². The van der Waals surface area contributed by atoms with Gasteiger partial charge in [-0.2, -0.15) is 0 Å². The smallest absolute Gasteiger partial charge is 0.255 e. The molecule has 0 bridgehead atoms. The molecule has 0 saturated carbocycles. The maximum atomic E-state index is 12.8. The Bertz CT molecular complexity index is 394. The fraction of sp³-hybridized carbons (Fsp3) is 0.455. The summed E-state index contributed by atoms with van der Waals surface area (Å²) in [5.41, 5.74) is 2.11. The first-order valence-electron chi connectivity index (χ1n) is 4.66. The van der Waals surface area contributed by atoms with Crippen LogP contribution in [-0.2, 0) is 0 Å². The number of alkyl halides is 3. The lowest BCUT2D eigenvalue weighted by Crippen LogP contribution is -2.07. The molecule has 0 heterocycles. The van der Waals surface area contributed by atoms with E-state index in [1.54, 1.807) is 6.92 Å². The largest absolute Gasteiger partial charge is 0.496 e. The number of aryl methyl sites for hydroxylation is 1.